The number of rotatable bonds is 31. The number of nitrogens with one attached hydrogen (secondary N) is 7. The number of aliphatic hydroxyl groups is 2. The molecule has 2 heterocycles. The molecule has 82 heavy (non-hydrogen) atoms. The Morgan fingerprint density at radius 3 is 1.89 bits per heavy atom. The highest BCUT2D eigenvalue weighted by molar-refractivity contribution is 5.99. The average molecular weight is 1130 g/mol. The third-order valence-electron chi connectivity index (χ3n) is 15.0. The van der Waals surface area contributed by atoms with E-state index >= 15 is 0 Å². The van der Waals surface area contributed by atoms with Crippen LogP contribution >= 0.6 is 0 Å². The van der Waals surface area contributed by atoms with Crippen molar-refractivity contribution < 1.29 is 53.6 Å². The van der Waals surface area contributed by atoms with E-state index in [1.165, 1.54) is 28.9 Å². The van der Waals surface area contributed by atoms with E-state index in [2.05, 4.69) is 44.1 Å². The number of likely N-dealkylation sites (tertiary alicyclic amines) is 2. The second-order valence-electron chi connectivity index (χ2n) is 21.4. The number of ether oxygens (including phenoxy) is 1. The molecule has 4 aromatic rings. The van der Waals surface area contributed by atoms with Crippen LogP contribution < -0.4 is 42.0 Å². The molecule has 2 fully saturated rings. The van der Waals surface area contributed by atoms with Gasteiger partial charge in [-0.25, -0.2) is 0 Å². The number of aryl methyl sites for hydroxylation is 1. The van der Waals surface area contributed by atoms with Crippen LogP contribution in [0.1, 0.15) is 108 Å². The summed E-state index contributed by atoms with van der Waals surface area (Å²) in [5.41, 5.74) is 5.12. The first kappa shape index (κ1) is 63.8. The van der Waals surface area contributed by atoms with Crippen molar-refractivity contribution in [1.82, 2.24) is 47.0 Å². The highest BCUT2D eigenvalue weighted by Gasteiger charge is 2.42. The number of aliphatic hydroxyl groups excluding tert-OH is 2. The smallest absolute Gasteiger partial charge is 0.251 e. The molecule has 8 atom stereocenters. The van der Waals surface area contributed by atoms with Crippen molar-refractivity contribution >= 4 is 41.4 Å². The van der Waals surface area contributed by atoms with E-state index in [0.29, 0.717) is 51.1 Å². The van der Waals surface area contributed by atoms with Gasteiger partial charge >= 0.3 is 0 Å². The Morgan fingerprint density at radius 2 is 1.28 bits per heavy atom. The van der Waals surface area contributed by atoms with Gasteiger partial charge < -0.3 is 61.8 Å². The first-order valence-electron chi connectivity index (χ1n) is 29.1. The number of benzene rings is 4. The summed E-state index contributed by atoms with van der Waals surface area (Å²) in [6.07, 6.45) is 3.39. The third kappa shape index (κ3) is 18.6. The van der Waals surface area contributed by atoms with Crippen LogP contribution in [0.3, 0.4) is 0 Å². The minimum absolute atomic E-state index is 0.0321. The van der Waals surface area contributed by atoms with E-state index < -0.39 is 90.4 Å². The predicted molar refractivity (Wildman–Crippen MR) is 313 cm³/mol. The third-order valence-corrected chi connectivity index (χ3v) is 15.0. The molecule has 4 aromatic carbocycles. The zero-order valence-electron chi connectivity index (χ0n) is 48.1. The molecular weight excluding hydrogens is 1050 g/mol. The Hall–Kier alpha value is -7.39. The minimum Gasteiger partial charge on any atom is -0.508 e. The van der Waals surface area contributed by atoms with Crippen LogP contribution in [0, 0.1) is 5.92 Å². The van der Waals surface area contributed by atoms with Crippen molar-refractivity contribution in [2.45, 2.75) is 141 Å². The molecule has 6 unspecified atom stereocenters. The largest absolute Gasteiger partial charge is 0.508 e. The average Bonchev–Trinajstić information content (AvgIpc) is 4.26. The first-order chi connectivity index (χ1) is 39.5. The second-order valence-corrected chi connectivity index (χ2v) is 21.4. The number of unbranched alkanes of at least 4 members (excludes halogenated alkanes) is 2. The van der Waals surface area contributed by atoms with E-state index in [-0.39, 0.29) is 57.0 Å². The molecule has 20 heteroatoms. The van der Waals surface area contributed by atoms with Crippen LogP contribution in [0.5, 0.6) is 11.5 Å². The van der Waals surface area contributed by atoms with E-state index in [4.69, 9.17) is 9.84 Å². The van der Waals surface area contributed by atoms with Gasteiger partial charge in [0.1, 0.15) is 47.9 Å². The summed E-state index contributed by atoms with van der Waals surface area (Å²) in [4.78, 5) is 100. The monoisotopic (exact) mass is 1130 g/mol. The quantitative estimate of drug-likeness (QED) is 0.0251. The SMILES string of the molecule is CCCCCOc1ccc(-c2ccc(-c3ccc(C(=O)NCC(=O)NC(CC)C(=O)N4CCCC4C(=O)NC(CCc4ccc(O)cc4)C(=O)NC(CC)C(=O)N4C[C@H](C)CC4C(=O)NC(NCCNCCO)[C@@H](C)O)cc3)cc2)cc1. The number of phenolic OH excluding ortho intramolecular Hbond substituents is 1. The fourth-order valence-corrected chi connectivity index (χ4v) is 10.3. The maximum atomic E-state index is 14.3. The maximum absolute atomic E-state index is 14.3. The molecule has 0 radical (unpaired) electrons. The molecule has 0 spiro atoms. The standard InChI is InChI=1S/C62H85N9O11/c1-6-9-10-36-82-49-28-24-46(25-29-49)44-18-16-43(17-19-44)45-20-22-47(23-21-45)57(76)65-38-55(75)66-50(7-2)61(80)70-34-11-12-53(70)59(78)68-52(30-15-42-13-26-48(74)27-14-42)58(77)67-51(8-3)62(81)71-39-40(4)37-54(71)60(79)69-56(41(5)73)64-32-31-63-33-35-72/h13-14,16-29,40-41,50-54,56,63-64,72-74H,6-12,15,30-39H2,1-5H3,(H,65,76)(H,66,75)(H,67,77)(H,68,78)(H,69,79)/t40-,41-,50?,51?,52?,53?,54?,56?/m1/s1. The molecule has 444 valence electrons. The molecular formula is C62H85N9O11. The van der Waals surface area contributed by atoms with Crippen LogP contribution in [0.25, 0.3) is 22.3 Å². The summed E-state index contributed by atoms with van der Waals surface area (Å²) in [5, 5.41) is 49.4. The second kappa shape index (κ2) is 32.3. The van der Waals surface area contributed by atoms with Crippen molar-refractivity contribution in [1.29, 1.82) is 0 Å². The Kier molecular flexibility index (Phi) is 25.1. The molecule has 20 nitrogen and oxygen atoms in total. The van der Waals surface area contributed by atoms with Crippen LogP contribution in [0.4, 0.5) is 0 Å². The summed E-state index contributed by atoms with van der Waals surface area (Å²) < 4.78 is 5.85. The summed E-state index contributed by atoms with van der Waals surface area (Å²) in [6.45, 7) is 11.1. The topological polar surface area (TPSA) is 280 Å². The van der Waals surface area contributed by atoms with Crippen molar-refractivity contribution in [3.63, 3.8) is 0 Å². The molecule has 7 amide bonds. The van der Waals surface area contributed by atoms with Crippen molar-refractivity contribution in [2.24, 2.45) is 5.92 Å². The Bertz CT molecular complexity index is 2710. The normalized spacial score (nSPS) is 17.7. The fraction of sp³-hybridized carbons (Fsp3) is 0.500. The van der Waals surface area contributed by atoms with Crippen LogP contribution in [0.2, 0.25) is 0 Å². The van der Waals surface area contributed by atoms with Gasteiger partial charge in [-0.15, -0.1) is 0 Å². The lowest BCUT2D eigenvalue weighted by Gasteiger charge is -2.32. The number of phenols is 1. The van der Waals surface area contributed by atoms with Gasteiger partial charge in [0.25, 0.3) is 5.91 Å². The lowest BCUT2D eigenvalue weighted by atomic mass is 9.99. The molecule has 0 aliphatic carbocycles. The van der Waals surface area contributed by atoms with Crippen molar-refractivity contribution in [3.05, 3.63) is 108 Å². The van der Waals surface area contributed by atoms with Crippen molar-refractivity contribution in [2.75, 3.05) is 52.5 Å². The van der Waals surface area contributed by atoms with Crippen LogP contribution in [-0.2, 0) is 35.2 Å². The molecule has 0 aromatic heterocycles. The van der Waals surface area contributed by atoms with Crippen LogP contribution in [0.15, 0.2) is 97.1 Å². The van der Waals surface area contributed by atoms with Crippen molar-refractivity contribution in [3.8, 4) is 33.8 Å². The number of aromatic hydroxyl groups is 1. The Morgan fingerprint density at radius 1 is 0.683 bits per heavy atom. The first-order valence-corrected chi connectivity index (χ1v) is 29.1. The number of carbonyl (C=O) groups excluding carboxylic acids is 7. The highest BCUT2D eigenvalue weighted by Crippen LogP contribution is 2.28. The summed E-state index contributed by atoms with van der Waals surface area (Å²) in [7, 11) is 0. The molecule has 2 saturated heterocycles. The number of carbonyl (C=O) groups is 7. The van der Waals surface area contributed by atoms with Gasteiger partial charge in [0, 0.05) is 38.3 Å². The van der Waals surface area contributed by atoms with Gasteiger partial charge in [-0.1, -0.05) is 101 Å². The van der Waals surface area contributed by atoms with Gasteiger partial charge in [0.2, 0.25) is 35.4 Å². The number of hydrogen-bond acceptors (Lipinski definition) is 13. The predicted octanol–water partition coefficient (Wildman–Crippen LogP) is 4.15. The minimum atomic E-state index is -1.18. The summed E-state index contributed by atoms with van der Waals surface area (Å²) in [6, 6.07) is 24.5. The molecule has 6 rings (SSSR count). The van der Waals surface area contributed by atoms with E-state index in [1.807, 2.05) is 67.6 Å². The molecule has 10 N–H and O–H groups in total. The van der Waals surface area contributed by atoms with Gasteiger partial charge in [-0.05, 0) is 128 Å². The number of amides is 7. The zero-order valence-corrected chi connectivity index (χ0v) is 48.1. The van der Waals surface area contributed by atoms with E-state index in [0.717, 1.165) is 52.8 Å². The van der Waals surface area contributed by atoms with Gasteiger partial charge in [0.05, 0.1) is 25.9 Å². The Balaban J connectivity index is 1.03. The van der Waals surface area contributed by atoms with Gasteiger partial charge in [-0.3, -0.25) is 38.9 Å². The van der Waals surface area contributed by atoms with Crippen LogP contribution in [-0.4, -0.2) is 161 Å². The van der Waals surface area contributed by atoms with Gasteiger partial charge in [-0.2, -0.15) is 0 Å². The number of hydrogen-bond donors (Lipinski definition) is 10. The summed E-state index contributed by atoms with van der Waals surface area (Å²) in [5.74, 6) is -2.89. The van der Waals surface area contributed by atoms with E-state index in [9.17, 15) is 43.8 Å². The lowest BCUT2D eigenvalue weighted by Crippen LogP contribution is -2.60. The number of nitrogens with zero attached hydrogens (tertiary/aromatic N) is 2. The molecule has 0 saturated carbocycles. The highest BCUT2D eigenvalue weighted by atomic mass is 16.5. The lowest BCUT2D eigenvalue weighted by molar-refractivity contribution is -0.143. The molecule has 2 aliphatic heterocycles. The van der Waals surface area contributed by atoms with E-state index in [1.54, 1.807) is 38.1 Å². The zero-order chi connectivity index (χ0) is 59.1. The summed E-state index contributed by atoms with van der Waals surface area (Å²) >= 11 is 0. The molecule has 2 aliphatic rings. The molecule has 0 bridgehead atoms. The maximum Gasteiger partial charge on any atom is 0.251 e. The Labute approximate surface area is 481 Å². The van der Waals surface area contributed by atoms with Gasteiger partial charge in [0.15, 0.2) is 0 Å². The fourth-order valence-electron chi connectivity index (χ4n) is 10.3.